The lowest BCUT2D eigenvalue weighted by molar-refractivity contribution is 0.407. The van der Waals surface area contributed by atoms with Gasteiger partial charge < -0.3 is 5.32 Å². The molecule has 2 rings (SSSR count). The fraction of sp³-hybridized carbons (Fsp3) is 0.647. The summed E-state index contributed by atoms with van der Waals surface area (Å²) in [5.41, 5.74) is 2.01. The second-order valence-electron chi connectivity index (χ2n) is 6.89. The minimum absolute atomic E-state index is 0.516. The van der Waals surface area contributed by atoms with Crippen LogP contribution in [0.25, 0.3) is 0 Å². The number of hydrogen-bond donors (Lipinski definition) is 1. The van der Waals surface area contributed by atoms with E-state index in [1.54, 1.807) is 0 Å². The van der Waals surface area contributed by atoms with E-state index >= 15 is 0 Å². The van der Waals surface area contributed by atoms with Gasteiger partial charge in [0.25, 0.3) is 0 Å². The zero-order chi connectivity index (χ0) is 13.2. The molecule has 0 radical (unpaired) electrons. The van der Waals surface area contributed by atoms with E-state index in [0.717, 1.165) is 11.8 Å². The van der Waals surface area contributed by atoms with Crippen LogP contribution in [-0.2, 0) is 0 Å². The maximum atomic E-state index is 3.78. The summed E-state index contributed by atoms with van der Waals surface area (Å²) >= 11 is 0. The summed E-state index contributed by atoms with van der Waals surface area (Å²) in [7, 11) is 0. The van der Waals surface area contributed by atoms with Crippen molar-refractivity contribution in [3.63, 3.8) is 0 Å². The van der Waals surface area contributed by atoms with Gasteiger partial charge in [0.1, 0.15) is 0 Å². The molecular formula is C17H27N. The summed E-state index contributed by atoms with van der Waals surface area (Å²) in [6.07, 6.45) is 2.60. The van der Waals surface area contributed by atoms with Gasteiger partial charge in [-0.1, -0.05) is 58.0 Å². The molecule has 1 aliphatic rings. The van der Waals surface area contributed by atoms with E-state index in [4.69, 9.17) is 0 Å². The first-order valence-corrected chi connectivity index (χ1v) is 7.27. The highest BCUT2D eigenvalue weighted by molar-refractivity contribution is 5.19. The van der Waals surface area contributed by atoms with E-state index in [9.17, 15) is 0 Å². The first-order chi connectivity index (χ1) is 8.49. The number of nitrogens with one attached hydrogen (secondary N) is 1. The fourth-order valence-electron chi connectivity index (χ4n) is 2.70. The average molecular weight is 245 g/mol. The predicted molar refractivity (Wildman–Crippen MR) is 78.5 cm³/mol. The fourth-order valence-corrected chi connectivity index (χ4v) is 2.70. The molecule has 1 aromatic carbocycles. The average Bonchev–Trinajstić information content (AvgIpc) is 2.93. The lowest BCUT2D eigenvalue weighted by Gasteiger charge is -2.21. The van der Waals surface area contributed by atoms with Gasteiger partial charge in [0.05, 0.1) is 0 Å². The van der Waals surface area contributed by atoms with Gasteiger partial charge >= 0.3 is 0 Å². The molecular weight excluding hydrogens is 218 g/mol. The molecule has 0 bridgehead atoms. The van der Waals surface area contributed by atoms with Gasteiger partial charge in [-0.25, -0.2) is 0 Å². The molecule has 1 N–H and O–H groups in total. The maximum absolute atomic E-state index is 3.78. The number of hydrogen-bond acceptors (Lipinski definition) is 1. The molecule has 1 heteroatoms. The first kappa shape index (κ1) is 13.6. The van der Waals surface area contributed by atoms with Gasteiger partial charge in [0, 0.05) is 6.04 Å². The molecule has 1 aromatic rings. The zero-order valence-corrected chi connectivity index (χ0v) is 12.2. The van der Waals surface area contributed by atoms with Crippen LogP contribution in [0.15, 0.2) is 30.3 Å². The normalized spacial score (nSPS) is 23.1. The number of rotatable bonds is 6. The topological polar surface area (TPSA) is 12.0 Å². The first-order valence-electron chi connectivity index (χ1n) is 7.27. The Morgan fingerprint density at radius 1 is 1.22 bits per heavy atom. The Morgan fingerprint density at radius 2 is 1.83 bits per heavy atom. The van der Waals surface area contributed by atoms with E-state index in [1.165, 1.54) is 24.9 Å². The van der Waals surface area contributed by atoms with Crippen LogP contribution in [0.4, 0.5) is 0 Å². The standard InChI is InChI=1S/C17H27N/c1-13(2)10-16(14-8-6-5-7-9-14)18-12-15-11-17(15,3)4/h5-9,13,15-16,18H,10-12H2,1-4H3. The van der Waals surface area contributed by atoms with Crippen LogP contribution in [0.5, 0.6) is 0 Å². The Balaban J connectivity index is 1.93. The highest BCUT2D eigenvalue weighted by atomic mass is 14.9. The van der Waals surface area contributed by atoms with Gasteiger partial charge in [-0.2, -0.15) is 0 Å². The van der Waals surface area contributed by atoms with Crippen LogP contribution in [0.3, 0.4) is 0 Å². The Bertz CT molecular complexity index is 366. The molecule has 1 fully saturated rings. The van der Waals surface area contributed by atoms with E-state index < -0.39 is 0 Å². The van der Waals surface area contributed by atoms with Crippen LogP contribution in [0.1, 0.15) is 52.1 Å². The van der Waals surface area contributed by atoms with Crippen LogP contribution < -0.4 is 5.32 Å². The van der Waals surface area contributed by atoms with Crippen molar-refractivity contribution in [2.75, 3.05) is 6.54 Å². The SMILES string of the molecule is CC(C)CC(NCC1CC1(C)C)c1ccccc1. The van der Waals surface area contributed by atoms with Crippen LogP contribution in [-0.4, -0.2) is 6.54 Å². The summed E-state index contributed by atoms with van der Waals surface area (Å²) in [6.45, 7) is 10.5. The summed E-state index contributed by atoms with van der Waals surface area (Å²) in [6, 6.07) is 11.4. The zero-order valence-electron chi connectivity index (χ0n) is 12.2. The van der Waals surface area contributed by atoms with Gasteiger partial charge in [-0.15, -0.1) is 0 Å². The Labute approximate surface area is 112 Å². The highest BCUT2D eigenvalue weighted by Crippen LogP contribution is 2.51. The minimum atomic E-state index is 0.516. The third-order valence-electron chi connectivity index (χ3n) is 4.24. The molecule has 1 aliphatic carbocycles. The van der Waals surface area contributed by atoms with E-state index in [1.807, 2.05) is 0 Å². The molecule has 0 heterocycles. The molecule has 0 aliphatic heterocycles. The Kier molecular flexibility index (Phi) is 4.11. The van der Waals surface area contributed by atoms with Crippen LogP contribution >= 0.6 is 0 Å². The molecule has 100 valence electrons. The third kappa shape index (κ3) is 3.58. The maximum Gasteiger partial charge on any atom is 0.0322 e. The largest absolute Gasteiger partial charge is 0.310 e. The summed E-state index contributed by atoms with van der Waals surface area (Å²) in [5, 5.41) is 3.78. The predicted octanol–water partition coefficient (Wildman–Crippen LogP) is 4.41. The molecule has 0 spiro atoms. The summed E-state index contributed by atoms with van der Waals surface area (Å²) in [4.78, 5) is 0. The lowest BCUT2D eigenvalue weighted by Crippen LogP contribution is -2.25. The van der Waals surface area contributed by atoms with E-state index in [2.05, 4.69) is 63.3 Å². The number of benzene rings is 1. The van der Waals surface area contributed by atoms with Crippen LogP contribution in [0.2, 0.25) is 0 Å². The summed E-state index contributed by atoms with van der Waals surface area (Å²) < 4.78 is 0. The lowest BCUT2D eigenvalue weighted by atomic mass is 9.96. The second-order valence-corrected chi connectivity index (χ2v) is 6.89. The molecule has 0 aromatic heterocycles. The van der Waals surface area contributed by atoms with E-state index in [-0.39, 0.29) is 0 Å². The van der Waals surface area contributed by atoms with Crippen molar-refractivity contribution >= 4 is 0 Å². The van der Waals surface area contributed by atoms with Gasteiger partial charge in [-0.05, 0) is 42.2 Å². The third-order valence-corrected chi connectivity index (χ3v) is 4.24. The second kappa shape index (κ2) is 5.44. The van der Waals surface area contributed by atoms with Crippen molar-refractivity contribution < 1.29 is 0 Å². The van der Waals surface area contributed by atoms with Crippen molar-refractivity contribution in [1.29, 1.82) is 0 Å². The molecule has 18 heavy (non-hydrogen) atoms. The van der Waals surface area contributed by atoms with Gasteiger partial charge in [-0.3, -0.25) is 0 Å². The van der Waals surface area contributed by atoms with Crippen molar-refractivity contribution in [1.82, 2.24) is 5.32 Å². The molecule has 1 saturated carbocycles. The molecule has 2 atom stereocenters. The highest BCUT2D eigenvalue weighted by Gasteiger charge is 2.45. The van der Waals surface area contributed by atoms with Crippen LogP contribution in [0, 0.1) is 17.3 Å². The Morgan fingerprint density at radius 3 is 2.33 bits per heavy atom. The molecule has 0 saturated heterocycles. The van der Waals surface area contributed by atoms with Gasteiger partial charge in [0.2, 0.25) is 0 Å². The van der Waals surface area contributed by atoms with Crippen molar-refractivity contribution in [2.24, 2.45) is 17.3 Å². The van der Waals surface area contributed by atoms with Crippen molar-refractivity contribution in [2.45, 2.75) is 46.6 Å². The van der Waals surface area contributed by atoms with Gasteiger partial charge in [0.15, 0.2) is 0 Å². The summed E-state index contributed by atoms with van der Waals surface area (Å²) in [5.74, 6) is 1.60. The monoisotopic (exact) mass is 245 g/mol. The molecule has 1 nitrogen and oxygen atoms in total. The molecule has 2 unspecified atom stereocenters. The molecule has 0 amide bonds. The quantitative estimate of drug-likeness (QED) is 0.783. The van der Waals surface area contributed by atoms with Crippen molar-refractivity contribution in [3.05, 3.63) is 35.9 Å². The minimum Gasteiger partial charge on any atom is -0.310 e. The Hall–Kier alpha value is -0.820. The van der Waals surface area contributed by atoms with E-state index in [0.29, 0.717) is 11.5 Å². The smallest absolute Gasteiger partial charge is 0.0322 e. The van der Waals surface area contributed by atoms with Crippen molar-refractivity contribution in [3.8, 4) is 0 Å².